The Morgan fingerprint density at radius 1 is 1.16 bits per heavy atom. The maximum atomic E-state index is 13.5. The van der Waals surface area contributed by atoms with E-state index in [-0.39, 0.29) is 0 Å². The van der Waals surface area contributed by atoms with Crippen LogP contribution in [0, 0.1) is 5.82 Å². The van der Waals surface area contributed by atoms with E-state index in [1.165, 1.54) is 30.3 Å². The normalized spacial score (nSPS) is 11.3. The van der Waals surface area contributed by atoms with Crippen molar-refractivity contribution < 1.29 is 12.8 Å². The number of nitrogens with one attached hydrogen (secondary N) is 1. The first-order valence-corrected chi connectivity index (χ1v) is 7.50. The van der Waals surface area contributed by atoms with Gasteiger partial charge in [-0.3, -0.25) is 4.72 Å². The molecule has 0 atom stereocenters. The molecule has 3 N–H and O–H groups in total. The molecule has 0 saturated carbocycles. The minimum absolute atomic E-state index is 0.296. The fraction of sp³-hybridized carbons (Fsp3) is 0. The van der Waals surface area contributed by atoms with Crippen molar-refractivity contribution in [2.24, 2.45) is 0 Å². The van der Waals surface area contributed by atoms with E-state index in [0.717, 1.165) is 6.07 Å². The van der Waals surface area contributed by atoms with Crippen LogP contribution in [0.4, 0.5) is 15.8 Å². The van der Waals surface area contributed by atoms with E-state index in [4.69, 9.17) is 5.73 Å². The lowest BCUT2D eigenvalue weighted by Crippen LogP contribution is -2.14. The first-order chi connectivity index (χ1) is 8.90. The summed E-state index contributed by atoms with van der Waals surface area (Å²) in [6.07, 6.45) is 0. The largest absolute Gasteiger partial charge is 0.398 e. The van der Waals surface area contributed by atoms with Gasteiger partial charge in [0.25, 0.3) is 10.0 Å². The molecule has 100 valence electrons. The highest BCUT2D eigenvalue weighted by Crippen LogP contribution is 2.25. The van der Waals surface area contributed by atoms with Crippen LogP contribution in [0.15, 0.2) is 51.8 Å². The predicted octanol–water partition coefficient (Wildman–Crippen LogP) is 2.97. The van der Waals surface area contributed by atoms with Gasteiger partial charge in [-0.05, 0) is 46.3 Å². The van der Waals surface area contributed by atoms with Gasteiger partial charge in [-0.25, -0.2) is 12.8 Å². The van der Waals surface area contributed by atoms with Crippen LogP contribution in [-0.4, -0.2) is 8.42 Å². The Morgan fingerprint density at radius 3 is 2.47 bits per heavy atom. The molecule has 0 aliphatic heterocycles. The molecule has 0 bridgehead atoms. The van der Waals surface area contributed by atoms with Crippen molar-refractivity contribution in [2.45, 2.75) is 4.90 Å². The van der Waals surface area contributed by atoms with E-state index in [1.807, 2.05) is 0 Å². The molecule has 0 aromatic heterocycles. The fourth-order valence-corrected chi connectivity index (χ4v) is 2.97. The maximum absolute atomic E-state index is 13.5. The Balaban J connectivity index is 2.37. The number of hydrogen-bond donors (Lipinski definition) is 2. The minimum Gasteiger partial charge on any atom is -0.398 e. The molecule has 2 aromatic carbocycles. The van der Waals surface area contributed by atoms with Crippen LogP contribution in [0.1, 0.15) is 0 Å². The number of hydrogen-bond acceptors (Lipinski definition) is 3. The SMILES string of the molecule is Nc1ccc(NS(=O)(=O)c2ccccc2F)cc1Br. The van der Waals surface area contributed by atoms with Gasteiger partial charge in [0.05, 0.1) is 5.69 Å². The smallest absolute Gasteiger partial charge is 0.264 e. The number of anilines is 2. The molecule has 4 nitrogen and oxygen atoms in total. The Bertz CT molecular complexity index is 719. The standard InChI is InChI=1S/C12H10BrFN2O2S/c13-9-7-8(5-6-11(9)15)16-19(17,18)12-4-2-1-3-10(12)14/h1-7,16H,15H2. The van der Waals surface area contributed by atoms with Gasteiger partial charge in [0.1, 0.15) is 10.7 Å². The molecule has 0 aliphatic carbocycles. The van der Waals surface area contributed by atoms with Crippen molar-refractivity contribution in [3.05, 3.63) is 52.8 Å². The van der Waals surface area contributed by atoms with E-state index in [1.54, 1.807) is 6.07 Å². The van der Waals surface area contributed by atoms with Gasteiger partial charge in [0, 0.05) is 10.2 Å². The molecule has 0 radical (unpaired) electrons. The Hall–Kier alpha value is -1.60. The van der Waals surface area contributed by atoms with Crippen LogP contribution < -0.4 is 10.5 Å². The lowest BCUT2D eigenvalue weighted by molar-refractivity contribution is 0.570. The van der Waals surface area contributed by atoms with Crippen molar-refractivity contribution >= 4 is 37.3 Å². The maximum Gasteiger partial charge on any atom is 0.264 e. The second-order valence-electron chi connectivity index (χ2n) is 3.77. The summed E-state index contributed by atoms with van der Waals surface area (Å²) in [7, 11) is -3.96. The monoisotopic (exact) mass is 344 g/mol. The third-order valence-electron chi connectivity index (χ3n) is 2.38. The average Bonchev–Trinajstić information content (AvgIpc) is 2.34. The van der Waals surface area contributed by atoms with E-state index < -0.39 is 20.7 Å². The zero-order valence-electron chi connectivity index (χ0n) is 9.60. The summed E-state index contributed by atoms with van der Waals surface area (Å²) in [5.74, 6) is -0.801. The van der Waals surface area contributed by atoms with Gasteiger partial charge in [-0.2, -0.15) is 0 Å². The molecule has 7 heteroatoms. The fourth-order valence-electron chi connectivity index (χ4n) is 1.46. The summed E-state index contributed by atoms with van der Waals surface area (Å²) in [5.41, 5.74) is 6.38. The van der Waals surface area contributed by atoms with Gasteiger partial charge in [0.15, 0.2) is 0 Å². The molecule has 0 fully saturated rings. The Kier molecular flexibility index (Phi) is 3.77. The minimum atomic E-state index is -3.96. The van der Waals surface area contributed by atoms with Crippen LogP contribution >= 0.6 is 15.9 Å². The zero-order valence-corrected chi connectivity index (χ0v) is 12.0. The highest BCUT2D eigenvalue weighted by atomic mass is 79.9. The topological polar surface area (TPSA) is 72.2 Å². The molecule has 19 heavy (non-hydrogen) atoms. The van der Waals surface area contributed by atoms with Crippen LogP contribution in [0.25, 0.3) is 0 Å². The molecule has 0 spiro atoms. The summed E-state index contributed by atoms with van der Waals surface area (Å²) in [4.78, 5) is -0.400. The van der Waals surface area contributed by atoms with E-state index in [0.29, 0.717) is 15.8 Å². The van der Waals surface area contributed by atoms with Gasteiger partial charge in [-0.15, -0.1) is 0 Å². The summed E-state index contributed by atoms with van der Waals surface area (Å²) >= 11 is 3.19. The Morgan fingerprint density at radius 2 is 1.84 bits per heavy atom. The molecule has 2 aromatic rings. The molecule has 0 unspecified atom stereocenters. The van der Waals surface area contributed by atoms with Gasteiger partial charge in [0.2, 0.25) is 0 Å². The second-order valence-corrected chi connectivity index (χ2v) is 6.28. The van der Waals surface area contributed by atoms with Gasteiger partial charge < -0.3 is 5.73 Å². The van der Waals surface area contributed by atoms with E-state index in [2.05, 4.69) is 20.7 Å². The number of rotatable bonds is 3. The lowest BCUT2D eigenvalue weighted by Gasteiger charge is -2.09. The first kappa shape index (κ1) is 13.8. The van der Waals surface area contributed by atoms with Crippen LogP contribution in [-0.2, 0) is 10.0 Å². The quantitative estimate of drug-likeness (QED) is 0.840. The predicted molar refractivity (Wildman–Crippen MR) is 75.8 cm³/mol. The second kappa shape index (κ2) is 5.18. The number of benzene rings is 2. The molecule has 0 heterocycles. The first-order valence-electron chi connectivity index (χ1n) is 5.22. The summed E-state index contributed by atoms with van der Waals surface area (Å²) in [6.45, 7) is 0. The summed E-state index contributed by atoms with van der Waals surface area (Å²) < 4.78 is 40.4. The number of halogens is 2. The molecular weight excluding hydrogens is 335 g/mol. The number of sulfonamides is 1. The van der Waals surface area contributed by atoms with Crippen molar-refractivity contribution in [3.63, 3.8) is 0 Å². The van der Waals surface area contributed by atoms with Gasteiger partial charge in [-0.1, -0.05) is 12.1 Å². The van der Waals surface area contributed by atoms with E-state index in [9.17, 15) is 12.8 Å². The summed E-state index contributed by atoms with van der Waals surface area (Å²) in [5, 5.41) is 0. The number of nitrogen functional groups attached to an aromatic ring is 1. The highest BCUT2D eigenvalue weighted by Gasteiger charge is 2.18. The zero-order chi connectivity index (χ0) is 14.0. The molecule has 0 saturated heterocycles. The lowest BCUT2D eigenvalue weighted by atomic mass is 10.3. The third-order valence-corrected chi connectivity index (χ3v) is 4.48. The van der Waals surface area contributed by atoms with Crippen molar-refractivity contribution in [1.29, 1.82) is 0 Å². The average molecular weight is 345 g/mol. The number of nitrogens with two attached hydrogens (primary N) is 1. The van der Waals surface area contributed by atoms with Gasteiger partial charge >= 0.3 is 0 Å². The van der Waals surface area contributed by atoms with Crippen LogP contribution in [0.3, 0.4) is 0 Å². The Labute approximate surface area is 118 Å². The molecule has 0 aliphatic rings. The van der Waals surface area contributed by atoms with Crippen LogP contribution in [0.5, 0.6) is 0 Å². The highest BCUT2D eigenvalue weighted by molar-refractivity contribution is 9.10. The molecular formula is C12H10BrFN2O2S. The molecule has 0 amide bonds. The van der Waals surface area contributed by atoms with Crippen molar-refractivity contribution in [3.8, 4) is 0 Å². The van der Waals surface area contributed by atoms with E-state index >= 15 is 0 Å². The van der Waals surface area contributed by atoms with Crippen molar-refractivity contribution in [2.75, 3.05) is 10.5 Å². The van der Waals surface area contributed by atoms with Crippen LogP contribution in [0.2, 0.25) is 0 Å². The van der Waals surface area contributed by atoms with Crippen molar-refractivity contribution in [1.82, 2.24) is 0 Å². The molecule has 2 rings (SSSR count). The third kappa shape index (κ3) is 3.05. The summed E-state index contributed by atoms with van der Waals surface area (Å²) in [6, 6.07) is 9.72.